The summed E-state index contributed by atoms with van der Waals surface area (Å²) in [6, 6.07) is 0. The van der Waals surface area contributed by atoms with Gasteiger partial charge in [0, 0.05) is 125 Å². The van der Waals surface area contributed by atoms with Crippen LogP contribution in [0.25, 0.3) is 0 Å². The van der Waals surface area contributed by atoms with E-state index < -0.39 is 16.8 Å². The van der Waals surface area contributed by atoms with Gasteiger partial charge in [0.15, 0.2) is 28.9 Å². The van der Waals surface area contributed by atoms with E-state index in [0.29, 0.717) is 135 Å². The van der Waals surface area contributed by atoms with Crippen molar-refractivity contribution < 1.29 is 110 Å². The molecule has 726 valence electrons. The van der Waals surface area contributed by atoms with E-state index >= 15 is 0 Å². The van der Waals surface area contributed by atoms with Crippen molar-refractivity contribution in [2.75, 3.05) is 14.2 Å². The number of allylic oxidation sites excluding steroid dienone is 1. The fourth-order valence-corrected chi connectivity index (χ4v) is 41.5. The van der Waals surface area contributed by atoms with E-state index in [2.05, 4.69) is 69.2 Å². The average Bonchev–Trinajstić information content (AvgIpc) is 1.10. The highest BCUT2D eigenvalue weighted by Crippen LogP contribution is 2.86. The molecule has 0 radical (unpaired) electrons. The normalized spacial score (nSPS) is 56.1. The van der Waals surface area contributed by atoms with E-state index in [1.807, 2.05) is 18.2 Å². The molecule has 23 nitrogen and oxygen atoms in total. The van der Waals surface area contributed by atoms with E-state index in [0.717, 1.165) is 178 Å². The Kier molecular flexibility index (Phi) is 18.2. The number of methoxy groups -OCH3 is 2. The number of carbonyl (C=O) groups is 12. The van der Waals surface area contributed by atoms with E-state index in [9.17, 15) is 57.5 Å². The molecule has 0 amide bonds. The molecule has 0 aromatic rings. The van der Waals surface area contributed by atoms with Crippen molar-refractivity contribution in [2.24, 2.45) is 143 Å². The summed E-state index contributed by atoms with van der Waals surface area (Å²) in [4.78, 5) is 147. The van der Waals surface area contributed by atoms with Gasteiger partial charge in [-0.05, 0) is 287 Å². The number of esters is 6. The monoisotopic (exact) mass is 1850 g/mol. The first-order valence-corrected chi connectivity index (χ1v) is 53.2. The van der Waals surface area contributed by atoms with Crippen LogP contribution in [0, 0.1) is 143 Å². The zero-order chi connectivity index (χ0) is 93.8. The molecule has 9 heterocycles. The molecule has 25 fully saturated rings. The van der Waals surface area contributed by atoms with Crippen LogP contribution in [-0.4, -0.2) is 166 Å². The van der Waals surface area contributed by atoms with Crippen LogP contribution in [0.2, 0.25) is 0 Å². The smallest absolute Gasteiger partial charge is 0.309 e. The number of rotatable bonds is 2. The Morgan fingerprint density at radius 1 is 0.341 bits per heavy atom. The van der Waals surface area contributed by atoms with Crippen LogP contribution in [0.3, 0.4) is 0 Å². The Labute approximate surface area is 792 Å². The first kappa shape index (κ1) is 88.5. The summed E-state index contributed by atoms with van der Waals surface area (Å²) in [6.07, 6.45) is 43.6. The number of epoxide rings is 5. The summed E-state index contributed by atoms with van der Waals surface area (Å²) in [6.45, 7) is 23.1. The number of hydrogen-bond donors (Lipinski definition) is 0. The molecule has 16 saturated carbocycles. The zero-order valence-electron chi connectivity index (χ0n) is 81.5. The summed E-state index contributed by atoms with van der Waals surface area (Å²) < 4.78 is 67.5. The molecule has 21 aliphatic carbocycles. The van der Waals surface area contributed by atoms with Crippen LogP contribution in [0.15, 0.2) is 58.2 Å². The van der Waals surface area contributed by atoms with Gasteiger partial charge in [0.2, 0.25) is 0 Å². The minimum absolute atomic E-state index is 0.00124. The lowest BCUT2D eigenvalue weighted by Crippen LogP contribution is -2.63. The minimum Gasteiger partial charge on any atom is -0.469 e. The van der Waals surface area contributed by atoms with Crippen LogP contribution in [-0.2, 0) is 110 Å². The molecule has 39 atom stereocenters. The molecule has 9 aliphatic heterocycles. The first-order chi connectivity index (χ1) is 64.1. The molecule has 8 spiro atoms. The van der Waals surface area contributed by atoms with Crippen LogP contribution in [0.4, 0.5) is 0 Å². The first-order valence-electron chi connectivity index (χ1n) is 53.2. The number of ether oxygens (including phenoxy) is 11. The van der Waals surface area contributed by atoms with Gasteiger partial charge in [-0.15, -0.1) is 0 Å². The molecule has 135 heavy (non-hydrogen) atoms. The SMILES string of the molecule is CC12CC3OC34C(CCC3=CC(=O)CCC34C)C1CCC2=O.CC12CCC(=O)C=C1C1CC1C1C3CC[C@@]4(CCC(=O)O4)C3(C)CC3OC312.CC12CCC(=O)C=C1CCC1C3CC[C@@]4(CCC(=O)O4)C3(C)CC3OC312.COC(=O)C1CC2=CC(=O)CCC2(C)C23OC2CC2(C)C(CC[C@@]24CCC(=O)O4)C13.COC(=O)C1CC2=CC(=O)CCC2(C)C2C3OC3C3(C)C(CCC34CCC(=O)O4)C12. The van der Waals surface area contributed by atoms with Crippen molar-refractivity contribution in [3.63, 3.8) is 0 Å². The van der Waals surface area contributed by atoms with Gasteiger partial charge in [-0.1, -0.05) is 97.1 Å². The van der Waals surface area contributed by atoms with Crippen LogP contribution in [0.1, 0.15) is 320 Å². The number of carbonyl (C=O) groups excluding carboxylic acids is 12. The van der Waals surface area contributed by atoms with Crippen molar-refractivity contribution in [3.05, 3.63) is 58.2 Å². The Hall–Kier alpha value is -6.66. The highest BCUT2D eigenvalue weighted by Gasteiger charge is 2.90. The van der Waals surface area contributed by atoms with Crippen molar-refractivity contribution in [1.29, 1.82) is 0 Å². The maximum atomic E-state index is 13.0. The van der Waals surface area contributed by atoms with Crippen LogP contribution in [0.5, 0.6) is 0 Å². The number of fused-ring (bicyclic) bond motifs is 27. The standard InChI is InChI=1S/2C24H30O6.C23H28O4.C22H28O4.C19H24O3/c1-21-7-4-14(25)10-13(21)11-15(20(27)28-3)19-16-5-8-23(9-6-18(26)30-23)22(16,2)12-17-24(19,21)29-17;1-22-7-4-13(25)10-12(22)11-14(21(27)28-3)17-15-5-8-24(9-6-16(26)30-24)23(15,2)20-19(29-20)18(17)22;1-20-6-3-12(24)9-16(20)13-10-14(13)19-15-4-7-22(8-5-18(25)27-22)21(15,2)11-17-23(19,20)26-17;1-19-8-5-14(23)11-13(19)3-4-16-15-6-9-21(10-7-18(24)26-21)20(15,2)12-17-22(16,19)25-17;1-17-10-16-19(22-16)14(13(17)5-6-15(17)21)4-3-11-9-12(20)7-8-18(11,19)2/h10,15-17,19H,4-9,11-12H2,1-3H3;10,14-15,17-20H,4-9,11H2,1-3H3;9,13-15,17,19H,3-8,10-11H2,1-2H3;11,15-17H,3-10,12H2,1-2H3;9,13-14,16H,3-8,10H2,1-2H3/t15?,16?,17?,19?,21?,22?,23-,24?;;13?,14?,15?,17?,19?,20?,21?,22-,23?;15?,16?,17?,19?,20?,21-,22?;/m1.11./s1. The number of Topliss-reactive ketones (excluding diaryl/α,β-unsaturated/α-hetero) is 1. The highest BCUT2D eigenvalue weighted by atomic mass is 16.6. The third kappa shape index (κ3) is 10.7. The third-order valence-corrected chi connectivity index (χ3v) is 48.5. The lowest BCUT2D eigenvalue weighted by atomic mass is 9.43. The zero-order valence-corrected chi connectivity index (χ0v) is 81.5. The van der Waals surface area contributed by atoms with Crippen LogP contribution < -0.4 is 0 Å². The second-order valence-corrected chi connectivity index (χ2v) is 51.9. The van der Waals surface area contributed by atoms with Gasteiger partial charge < -0.3 is 52.1 Å². The summed E-state index contributed by atoms with van der Waals surface area (Å²) in [5.74, 6) is 5.91. The van der Waals surface area contributed by atoms with Gasteiger partial charge in [0.1, 0.15) is 50.6 Å². The second-order valence-electron chi connectivity index (χ2n) is 51.9. The summed E-state index contributed by atoms with van der Waals surface area (Å²) in [5, 5.41) is 0. The molecule has 0 N–H and O–H groups in total. The fraction of sp³-hybridized carbons (Fsp3) is 0.804. The van der Waals surface area contributed by atoms with E-state index in [-0.39, 0.29) is 213 Å². The number of hydrogen-bond acceptors (Lipinski definition) is 23. The largest absolute Gasteiger partial charge is 0.469 e. The molecule has 23 heteroatoms. The molecule has 30 rings (SSSR count). The predicted octanol–water partition coefficient (Wildman–Crippen LogP) is 16.6. The molecule has 30 aliphatic rings. The van der Waals surface area contributed by atoms with Crippen molar-refractivity contribution >= 4 is 70.5 Å². The summed E-state index contributed by atoms with van der Waals surface area (Å²) >= 11 is 0. The van der Waals surface area contributed by atoms with Gasteiger partial charge in [0.05, 0.1) is 62.7 Å². The fourth-order valence-electron chi connectivity index (χ4n) is 41.5. The Morgan fingerprint density at radius 2 is 0.741 bits per heavy atom. The van der Waals surface area contributed by atoms with Gasteiger partial charge in [-0.2, -0.15) is 0 Å². The number of ketones is 6. The van der Waals surface area contributed by atoms with Gasteiger partial charge in [-0.3, -0.25) is 57.5 Å². The second kappa shape index (κ2) is 27.8. The molecule has 36 unspecified atom stereocenters. The van der Waals surface area contributed by atoms with Gasteiger partial charge in [0.25, 0.3) is 0 Å². The average molecular weight is 1850 g/mol. The van der Waals surface area contributed by atoms with Gasteiger partial charge >= 0.3 is 35.8 Å². The molecule has 0 aromatic heterocycles. The molecular weight excluding hydrogens is 1710 g/mol. The molecule has 9 saturated heterocycles. The minimum atomic E-state index is -0.459. The van der Waals surface area contributed by atoms with Crippen molar-refractivity contribution in [1.82, 2.24) is 0 Å². The Balaban J connectivity index is 0.0000000881. The summed E-state index contributed by atoms with van der Waals surface area (Å²) in [7, 11) is 2.91. The Bertz CT molecular complexity index is 5590. The lowest BCUT2D eigenvalue weighted by molar-refractivity contribution is -0.172. The van der Waals surface area contributed by atoms with E-state index in [1.165, 1.54) is 43.8 Å². The summed E-state index contributed by atoms with van der Waals surface area (Å²) in [5.41, 5.74) is 3.59. The van der Waals surface area contributed by atoms with Crippen molar-refractivity contribution in [3.8, 4) is 0 Å². The molecular formula is C112H140O23. The third-order valence-electron chi connectivity index (χ3n) is 48.5. The Morgan fingerprint density at radius 3 is 1.27 bits per heavy atom. The van der Waals surface area contributed by atoms with E-state index in [4.69, 9.17) is 52.1 Å². The van der Waals surface area contributed by atoms with Crippen LogP contribution >= 0.6 is 0 Å². The molecule has 0 aromatic carbocycles. The quantitative estimate of drug-likeness (QED) is 0.141. The molecule has 0 bridgehead atoms. The van der Waals surface area contributed by atoms with Gasteiger partial charge in [-0.25, -0.2) is 0 Å². The maximum Gasteiger partial charge on any atom is 0.309 e. The lowest BCUT2D eigenvalue weighted by Gasteiger charge is -2.58. The maximum absolute atomic E-state index is 13.0. The van der Waals surface area contributed by atoms with Crippen molar-refractivity contribution in [2.45, 2.75) is 401 Å². The van der Waals surface area contributed by atoms with E-state index in [1.54, 1.807) is 12.2 Å². The predicted molar refractivity (Wildman–Crippen MR) is 482 cm³/mol. The topological polar surface area (TPSA) is 323 Å². The highest BCUT2D eigenvalue weighted by molar-refractivity contribution is 5.95.